The Morgan fingerprint density at radius 2 is 1.94 bits per heavy atom. The quantitative estimate of drug-likeness (QED) is 0.562. The Labute approximate surface area is 188 Å². The number of halogens is 4. The van der Waals surface area contributed by atoms with E-state index in [0.717, 1.165) is 4.31 Å². The monoisotopic (exact) mass is 498 g/mol. The Morgan fingerprint density at radius 3 is 2.56 bits per heavy atom. The standard InChI is InChI=1S/C19H22ClF3N2O6S/c1-12(24-18(26)11-29-15-4-2-14(20)3-5-15)6-7-25-10-17(31-32(25,27)28)13-8-16(9-13)30-19(21,22)23/h2-5,13,16-17H,1,6-11H2,(H,24,26). The first-order valence-electron chi connectivity index (χ1n) is 9.70. The first-order chi connectivity index (χ1) is 14.9. The molecule has 13 heteroatoms. The van der Waals surface area contributed by atoms with Gasteiger partial charge in [-0.15, -0.1) is 13.2 Å². The van der Waals surface area contributed by atoms with E-state index in [2.05, 4.69) is 16.6 Å². The number of alkyl halides is 3. The van der Waals surface area contributed by atoms with Crippen LogP contribution in [0.5, 0.6) is 5.75 Å². The van der Waals surface area contributed by atoms with Gasteiger partial charge in [-0.2, -0.15) is 12.7 Å². The third-order valence-electron chi connectivity index (χ3n) is 5.07. The molecule has 1 aliphatic heterocycles. The van der Waals surface area contributed by atoms with Crippen molar-refractivity contribution >= 4 is 27.8 Å². The minimum atomic E-state index is -4.71. The Kier molecular flexibility index (Phi) is 7.71. The zero-order valence-corrected chi connectivity index (χ0v) is 18.4. The van der Waals surface area contributed by atoms with Crippen LogP contribution in [-0.4, -0.2) is 56.9 Å². The number of nitrogens with one attached hydrogen (secondary N) is 1. The van der Waals surface area contributed by atoms with Gasteiger partial charge >= 0.3 is 16.7 Å². The molecule has 8 nitrogen and oxygen atoms in total. The summed E-state index contributed by atoms with van der Waals surface area (Å²) in [6.45, 7) is 3.46. The number of carbonyl (C=O) groups excluding carboxylic acids is 1. The predicted octanol–water partition coefficient (Wildman–Crippen LogP) is 3.00. The normalized spacial score (nSPS) is 25.2. The van der Waals surface area contributed by atoms with Crippen LogP contribution in [0, 0.1) is 5.92 Å². The van der Waals surface area contributed by atoms with Gasteiger partial charge in [0.15, 0.2) is 6.61 Å². The van der Waals surface area contributed by atoms with E-state index >= 15 is 0 Å². The van der Waals surface area contributed by atoms with Gasteiger partial charge in [0.1, 0.15) is 5.75 Å². The number of amides is 1. The maximum Gasteiger partial charge on any atom is 0.522 e. The molecule has 1 N–H and O–H groups in total. The average Bonchev–Trinajstić information content (AvgIpc) is 2.95. The second kappa shape index (κ2) is 9.96. The van der Waals surface area contributed by atoms with Crippen molar-refractivity contribution in [1.29, 1.82) is 0 Å². The van der Waals surface area contributed by atoms with E-state index in [1.165, 1.54) is 0 Å². The number of carbonyl (C=O) groups is 1. The molecule has 1 aromatic rings. The molecule has 2 fully saturated rings. The zero-order valence-electron chi connectivity index (χ0n) is 16.8. The van der Waals surface area contributed by atoms with Crippen LogP contribution in [0.1, 0.15) is 19.3 Å². The molecule has 0 aromatic heterocycles. The van der Waals surface area contributed by atoms with Gasteiger partial charge in [0.25, 0.3) is 5.91 Å². The summed E-state index contributed by atoms with van der Waals surface area (Å²) in [5, 5.41) is 3.06. The predicted molar refractivity (Wildman–Crippen MR) is 108 cm³/mol. The van der Waals surface area contributed by atoms with E-state index in [0.29, 0.717) is 10.8 Å². The lowest BCUT2D eigenvalue weighted by molar-refractivity contribution is -0.355. The molecular weight excluding hydrogens is 477 g/mol. The summed E-state index contributed by atoms with van der Waals surface area (Å²) in [6.07, 6.45) is -6.15. The van der Waals surface area contributed by atoms with Crippen molar-refractivity contribution in [2.45, 2.75) is 37.8 Å². The SMILES string of the molecule is C=C(CCN1CC(C2CC(OC(F)(F)F)C2)OS1(=O)=O)NC(=O)COc1ccc(Cl)cc1. The second-order valence-corrected chi connectivity index (χ2v) is 9.51. The lowest BCUT2D eigenvalue weighted by atomic mass is 9.78. The number of hydrogen-bond acceptors (Lipinski definition) is 6. The van der Waals surface area contributed by atoms with Gasteiger partial charge < -0.3 is 10.1 Å². The van der Waals surface area contributed by atoms with Crippen molar-refractivity contribution in [2.75, 3.05) is 19.7 Å². The minimum absolute atomic E-state index is 0.00515. The number of benzene rings is 1. The molecule has 0 bridgehead atoms. The van der Waals surface area contributed by atoms with E-state index in [1.807, 2.05) is 0 Å². The molecule has 1 heterocycles. The fourth-order valence-electron chi connectivity index (χ4n) is 3.40. The highest BCUT2D eigenvalue weighted by Gasteiger charge is 2.48. The third-order valence-corrected chi connectivity index (χ3v) is 6.77. The molecule has 2 aliphatic rings. The van der Waals surface area contributed by atoms with Gasteiger partial charge in [-0.1, -0.05) is 18.2 Å². The molecule has 1 atom stereocenters. The van der Waals surface area contributed by atoms with Crippen LogP contribution in [0.15, 0.2) is 36.5 Å². The van der Waals surface area contributed by atoms with E-state index in [4.69, 9.17) is 20.5 Å². The maximum absolute atomic E-state index is 12.2. The fourth-order valence-corrected chi connectivity index (χ4v) is 4.82. The van der Waals surface area contributed by atoms with Crippen molar-refractivity contribution in [3.8, 4) is 5.75 Å². The van der Waals surface area contributed by atoms with Crippen LogP contribution in [0.2, 0.25) is 5.02 Å². The second-order valence-electron chi connectivity index (χ2n) is 7.51. The van der Waals surface area contributed by atoms with E-state index < -0.39 is 34.8 Å². The van der Waals surface area contributed by atoms with E-state index in [-0.39, 0.29) is 50.6 Å². The maximum atomic E-state index is 12.2. The summed E-state index contributed by atoms with van der Waals surface area (Å²) in [4.78, 5) is 12.0. The average molecular weight is 499 g/mol. The van der Waals surface area contributed by atoms with Gasteiger partial charge in [0, 0.05) is 30.2 Å². The largest absolute Gasteiger partial charge is 0.522 e. The molecule has 1 saturated heterocycles. The molecule has 1 unspecified atom stereocenters. The molecule has 0 radical (unpaired) electrons. The molecule has 1 aromatic carbocycles. The van der Waals surface area contributed by atoms with E-state index in [1.54, 1.807) is 24.3 Å². The Bertz CT molecular complexity index is 935. The molecule has 1 saturated carbocycles. The van der Waals surface area contributed by atoms with Gasteiger partial charge in [0.05, 0.1) is 12.2 Å². The summed E-state index contributed by atoms with van der Waals surface area (Å²) >= 11 is 5.77. The van der Waals surface area contributed by atoms with Gasteiger partial charge in [-0.3, -0.25) is 13.7 Å². The first-order valence-corrected chi connectivity index (χ1v) is 11.4. The molecule has 3 rings (SSSR count). The number of rotatable bonds is 9. The van der Waals surface area contributed by atoms with Gasteiger partial charge in [-0.05, 0) is 43.0 Å². The highest BCUT2D eigenvalue weighted by Crippen LogP contribution is 2.40. The Hall–Kier alpha value is -1.86. The topological polar surface area (TPSA) is 94.2 Å². The van der Waals surface area contributed by atoms with Crippen molar-refractivity contribution in [1.82, 2.24) is 9.62 Å². The first kappa shape index (κ1) is 24.8. The van der Waals surface area contributed by atoms with Crippen LogP contribution < -0.4 is 10.1 Å². The van der Waals surface area contributed by atoms with Crippen molar-refractivity contribution in [3.63, 3.8) is 0 Å². The number of nitrogens with zero attached hydrogens (tertiary/aromatic N) is 1. The van der Waals surface area contributed by atoms with Crippen molar-refractivity contribution < 1.29 is 40.0 Å². The van der Waals surface area contributed by atoms with Crippen LogP contribution >= 0.6 is 11.6 Å². The summed E-state index contributed by atoms with van der Waals surface area (Å²) in [7, 11) is -4.00. The Morgan fingerprint density at radius 1 is 1.28 bits per heavy atom. The lowest BCUT2D eigenvalue weighted by Crippen LogP contribution is -2.42. The van der Waals surface area contributed by atoms with Crippen molar-refractivity contribution in [2.24, 2.45) is 5.92 Å². The summed E-state index contributed by atoms with van der Waals surface area (Å²) in [6, 6.07) is 6.45. The Balaban J connectivity index is 1.38. The molecule has 0 spiro atoms. The molecule has 1 amide bonds. The van der Waals surface area contributed by atoms with Crippen molar-refractivity contribution in [3.05, 3.63) is 41.6 Å². The highest BCUT2D eigenvalue weighted by atomic mass is 35.5. The van der Waals surface area contributed by atoms with E-state index in [9.17, 15) is 26.4 Å². The zero-order chi connectivity index (χ0) is 23.5. The number of hydrogen-bond donors (Lipinski definition) is 1. The van der Waals surface area contributed by atoms with Gasteiger partial charge in [0.2, 0.25) is 0 Å². The lowest BCUT2D eigenvalue weighted by Gasteiger charge is -2.37. The minimum Gasteiger partial charge on any atom is -0.484 e. The molecule has 1 aliphatic carbocycles. The smallest absolute Gasteiger partial charge is 0.484 e. The van der Waals surface area contributed by atoms with Crippen LogP contribution in [0.25, 0.3) is 0 Å². The van der Waals surface area contributed by atoms with Crippen LogP contribution in [-0.2, 0) is 24.0 Å². The van der Waals surface area contributed by atoms with Gasteiger partial charge in [-0.25, -0.2) is 0 Å². The summed E-state index contributed by atoms with van der Waals surface area (Å²) in [5.74, 6) is -0.344. The molecule has 178 valence electrons. The summed E-state index contributed by atoms with van der Waals surface area (Å²) < 4.78 is 76.4. The van der Waals surface area contributed by atoms with Crippen LogP contribution in [0.3, 0.4) is 0 Å². The van der Waals surface area contributed by atoms with Crippen LogP contribution in [0.4, 0.5) is 13.2 Å². The number of ether oxygens (including phenoxy) is 2. The highest BCUT2D eigenvalue weighted by molar-refractivity contribution is 7.84. The summed E-state index contributed by atoms with van der Waals surface area (Å²) in [5.41, 5.74) is 0.288. The molecular formula is C19H22ClF3N2O6S. The fraction of sp³-hybridized carbons (Fsp3) is 0.526. The third kappa shape index (κ3) is 7.07. The molecule has 32 heavy (non-hydrogen) atoms.